The number of guanidine groups is 1. The molecule has 1 saturated carbocycles. The Hall–Kier alpha value is -2.07. The van der Waals surface area contributed by atoms with E-state index in [4.69, 9.17) is 14.5 Å². The lowest BCUT2D eigenvalue weighted by molar-refractivity contribution is 0.120. The van der Waals surface area contributed by atoms with Crippen LogP contribution in [0.4, 0.5) is 0 Å². The zero-order valence-corrected chi connectivity index (χ0v) is 21.2. The van der Waals surface area contributed by atoms with E-state index in [2.05, 4.69) is 22.5 Å². The van der Waals surface area contributed by atoms with E-state index in [0.717, 1.165) is 50.2 Å². The number of nitrogens with one attached hydrogen (secondary N) is 2. The van der Waals surface area contributed by atoms with Gasteiger partial charge in [0.2, 0.25) is 5.88 Å². The van der Waals surface area contributed by atoms with Gasteiger partial charge < -0.3 is 25.2 Å². The van der Waals surface area contributed by atoms with Crippen LogP contribution in [-0.2, 0) is 6.54 Å². The minimum atomic E-state index is -0.170. The van der Waals surface area contributed by atoms with Crippen molar-refractivity contribution in [3.05, 3.63) is 48.2 Å². The van der Waals surface area contributed by atoms with E-state index in [0.29, 0.717) is 36.6 Å². The van der Waals surface area contributed by atoms with Gasteiger partial charge in [-0.05, 0) is 57.2 Å². The van der Waals surface area contributed by atoms with Gasteiger partial charge in [-0.15, -0.1) is 24.0 Å². The van der Waals surface area contributed by atoms with Gasteiger partial charge in [0.05, 0.1) is 19.3 Å². The van der Waals surface area contributed by atoms with Gasteiger partial charge in [-0.3, -0.25) is 0 Å². The molecule has 7 nitrogen and oxygen atoms in total. The lowest BCUT2D eigenvalue weighted by Gasteiger charge is -2.27. The highest BCUT2D eigenvalue weighted by molar-refractivity contribution is 14.0. The molecule has 0 unspecified atom stereocenters. The van der Waals surface area contributed by atoms with Gasteiger partial charge in [-0.25, -0.2) is 9.98 Å². The van der Waals surface area contributed by atoms with Gasteiger partial charge in [0.15, 0.2) is 17.5 Å². The van der Waals surface area contributed by atoms with E-state index in [1.54, 1.807) is 6.20 Å². The maximum atomic E-state index is 9.73. The maximum absolute atomic E-state index is 9.73. The lowest BCUT2D eigenvalue weighted by atomic mass is 9.93. The summed E-state index contributed by atoms with van der Waals surface area (Å²) in [5.41, 5.74) is 0.893. The van der Waals surface area contributed by atoms with E-state index in [9.17, 15) is 5.11 Å². The second-order valence-corrected chi connectivity index (χ2v) is 7.71. The second-order valence-electron chi connectivity index (χ2n) is 7.71. The van der Waals surface area contributed by atoms with Crippen molar-refractivity contribution >= 4 is 29.9 Å². The highest BCUT2D eigenvalue weighted by atomic mass is 127. The van der Waals surface area contributed by atoms with Crippen molar-refractivity contribution in [2.75, 3.05) is 13.2 Å². The van der Waals surface area contributed by atoms with Crippen molar-refractivity contribution in [1.82, 2.24) is 15.6 Å². The fourth-order valence-electron chi connectivity index (χ4n) is 3.50. The first kappa shape index (κ1) is 26.2. The molecule has 176 valence electrons. The van der Waals surface area contributed by atoms with Gasteiger partial charge >= 0.3 is 0 Å². The van der Waals surface area contributed by atoms with E-state index >= 15 is 0 Å². The number of pyridine rings is 1. The standard InChI is InChI=1S/C24H34N4O3.HI/c1-3-16-30-21-9-5-6-10-22(21)31-23-18(8-7-15-26-23)17-27-24(25-4-2)28-19-11-13-20(29)14-12-19;/h5-10,15,19-20,29H,3-4,11-14,16-17H2,1-2H3,(H2,25,27,28);1H. The zero-order chi connectivity index (χ0) is 21.9. The van der Waals surface area contributed by atoms with E-state index < -0.39 is 0 Å². The molecule has 0 spiro atoms. The van der Waals surface area contributed by atoms with Crippen LogP contribution in [0.1, 0.15) is 51.5 Å². The number of aromatic nitrogens is 1. The molecule has 3 rings (SSSR count). The van der Waals surface area contributed by atoms with Gasteiger partial charge in [0, 0.05) is 24.3 Å². The van der Waals surface area contributed by atoms with Gasteiger partial charge in [-0.2, -0.15) is 0 Å². The molecule has 1 fully saturated rings. The number of para-hydroxylation sites is 2. The van der Waals surface area contributed by atoms with Crippen LogP contribution in [0.15, 0.2) is 47.6 Å². The Balaban J connectivity index is 0.00000363. The van der Waals surface area contributed by atoms with Crippen LogP contribution in [0.5, 0.6) is 17.4 Å². The number of aliphatic hydroxyl groups is 1. The van der Waals surface area contributed by atoms with Crippen LogP contribution in [0.25, 0.3) is 0 Å². The summed E-state index contributed by atoms with van der Waals surface area (Å²) in [4.78, 5) is 9.18. The molecule has 2 aromatic rings. The van der Waals surface area contributed by atoms with Crippen LogP contribution >= 0.6 is 24.0 Å². The number of aliphatic imine (C=N–C) groups is 1. The van der Waals surface area contributed by atoms with Crippen LogP contribution in [-0.4, -0.2) is 41.3 Å². The molecule has 1 heterocycles. The van der Waals surface area contributed by atoms with E-state index in [1.807, 2.05) is 43.3 Å². The Kier molecular flexibility index (Phi) is 11.6. The van der Waals surface area contributed by atoms with Crippen molar-refractivity contribution in [2.45, 2.75) is 64.6 Å². The first-order valence-electron chi connectivity index (χ1n) is 11.3. The fourth-order valence-corrected chi connectivity index (χ4v) is 3.50. The Morgan fingerprint density at radius 2 is 1.84 bits per heavy atom. The number of hydrogen-bond donors (Lipinski definition) is 3. The number of benzene rings is 1. The largest absolute Gasteiger partial charge is 0.490 e. The molecule has 1 aromatic heterocycles. The summed E-state index contributed by atoms with van der Waals surface area (Å²) in [6, 6.07) is 11.8. The highest BCUT2D eigenvalue weighted by Gasteiger charge is 2.20. The monoisotopic (exact) mass is 554 g/mol. The SMILES string of the molecule is CCCOc1ccccc1Oc1ncccc1CN=C(NCC)NC1CCC(O)CC1.I. The summed E-state index contributed by atoms with van der Waals surface area (Å²) in [5.74, 6) is 2.64. The minimum absolute atomic E-state index is 0. The summed E-state index contributed by atoms with van der Waals surface area (Å²) in [5, 5.41) is 16.5. The lowest BCUT2D eigenvalue weighted by Crippen LogP contribution is -2.45. The third-order valence-electron chi connectivity index (χ3n) is 5.16. The van der Waals surface area contributed by atoms with Crippen molar-refractivity contribution in [1.29, 1.82) is 0 Å². The summed E-state index contributed by atoms with van der Waals surface area (Å²) >= 11 is 0. The summed E-state index contributed by atoms with van der Waals surface area (Å²) < 4.78 is 11.9. The average Bonchev–Trinajstić information content (AvgIpc) is 2.79. The number of ether oxygens (including phenoxy) is 2. The van der Waals surface area contributed by atoms with E-state index in [1.165, 1.54) is 0 Å². The molecule has 0 saturated heterocycles. The smallest absolute Gasteiger partial charge is 0.224 e. The molecule has 0 radical (unpaired) electrons. The molecule has 0 atom stereocenters. The van der Waals surface area contributed by atoms with Crippen LogP contribution in [0, 0.1) is 0 Å². The molecule has 0 bridgehead atoms. The maximum Gasteiger partial charge on any atom is 0.224 e. The molecular weight excluding hydrogens is 519 g/mol. The Labute approximate surface area is 208 Å². The van der Waals surface area contributed by atoms with Gasteiger partial charge in [0.25, 0.3) is 0 Å². The van der Waals surface area contributed by atoms with Gasteiger partial charge in [0.1, 0.15) is 0 Å². The van der Waals surface area contributed by atoms with Crippen molar-refractivity contribution in [3.8, 4) is 17.4 Å². The first-order valence-corrected chi connectivity index (χ1v) is 11.3. The molecule has 3 N–H and O–H groups in total. The summed E-state index contributed by atoms with van der Waals surface area (Å²) in [6.07, 6.45) is 6.03. The van der Waals surface area contributed by atoms with Crippen LogP contribution in [0.3, 0.4) is 0 Å². The number of rotatable bonds is 9. The molecule has 0 amide bonds. The minimum Gasteiger partial charge on any atom is -0.490 e. The zero-order valence-electron chi connectivity index (χ0n) is 18.9. The predicted molar refractivity (Wildman–Crippen MR) is 138 cm³/mol. The highest BCUT2D eigenvalue weighted by Crippen LogP contribution is 2.32. The van der Waals surface area contributed by atoms with E-state index in [-0.39, 0.29) is 30.1 Å². The van der Waals surface area contributed by atoms with Crippen LogP contribution in [0.2, 0.25) is 0 Å². The van der Waals surface area contributed by atoms with Gasteiger partial charge in [-0.1, -0.05) is 25.1 Å². The third-order valence-corrected chi connectivity index (χ3v) is 5.16. The third kappa shape index (κ3) is 8.12. The number of aliphatic hydroxyl groups excluding tert-OH is 1. The number of nitrogens with zero attached hydrogens (tertiary/aromatic N) is 2. The summed E-state index contributed by atoms with van der Waals surface area (Å²) in [7, 11) is 0. The normalized spacial score (nSPS) is 18.4. The molecule has 1 aromatic carbocycles. The molecule has 1 aliphatic rings. The Morgan fingerprint density at radius 3 is 2.56 bits per heavy atom. The second kappa shape index (κ2) is 14.2. The summed E-state index contributed by atoms with van der Waals surface area (Å²) in [6.45, 7) is 5.97. The molecular formula is C24H35IN4O3. The number of hydrogen-bond acceptors (Lipinski definition) is 5. The van der Waals surface area contributed by atoms with Crippen molar-refractivity contribution < 1.29 is 14.6 Å². The Morgan fingerprint density at radius 1 is 1.09 bits per heavy atom. The molecule has 0 aliphatic heterocycles. The fraction of sp³-hybridized carbons (Fsp3) is 0.500. The van der Waals surface area contributed by atoms with Crippen LogP contribution < -0.4 is 20.1 Å². The topological polar surface area (TPSA) is 88.0 Å². The van der Waals surface area contributed by atoms with Crippen molar-refractivity contribution in [3.63, 3.8) is 0 Å². The number of halogens is 1. The predicted octanol–water partition coefficient (Wildman–Crippen LogP) is 4.64. The van der Waals surface area contributed by atoms with Crippen molar-refractivity contribution in [2.24, 2.45) is 4.99 Å². The Bertz CT molecular complexity index is 841. The quantitative estimate of drug-likeness (QED) is 0.238. The molecule has 1 aliphatic carbocycles. The molecule has 8 heteroatoms. The average molecular weight is 554 g/mol. The molecule has 32 heavy (non-hydrogen) atoms. The first-order chi connectivity index (χ1) is 15.2.